The molecule has 0 atom stereocenters. The van der Waals surface area contributed by atoms with Crippen LogP contribution in [-0.2, 0) is 0 Å². The van der Waals surface area contributed by atoms with Crippen LogP contribution in [-0.4, -0.2) is 29.0 Å². The van der Waals surface area contributed by atoms with Crippen LogP contribution < -0.4 is 0 Å². The van der Waals surface area contributed by atoms with Gasteiger partial charge in [0, 0.05) is 18.4 Å². The minimum atomic E-state index is 1.01. The van der Waals surface area contributed by atoms with Crippen LogP contribution >= 0.6 is 0 Å². The topological polar surface area (TPSA) is 16.1 Å². The number of fused-ring (bicyclic) bond motifs is 1. The molecular weight excluding hydrogens is 172 g/mol. The summed E-state index contributed by atoms with van der Waals surface area (Å²) in [6.45, 7) is 2.79. The highest BCUT2D eigenvalue weighted by molar-refractivity contribution is 4.88. The van der Waals surface area contributed by atoms with Crippen LogP contribution in [0.1, 0.15) is 25.7 Å². The van der Waals surface area contributed by atoms with Gasteiger partial charge in [-0.1, -0.05) is 6.07 Å². The molecule has 2 aliphatic heterocycles. The molecule has 0 saturated carbocycles. The molecule has 0 aromatic carbocycles. The van der Waals surface area contributed by atoms with Gasteiger partial charge in [-0.05, 0) is 50.9 Å². The number of pyridine rings is 1. The van der Waals surface area contributed by atoms with Gasteiger partial charge in [-0.25, -0.2) is 0 Å². The number of hydrogen-bond acceptors (Lipinski definition) is 2. The van der Waals surface area contributed by atoms with Crippen molar-refractivity contribution in [1.82, 2.24) is 9.88 Å². The van der Waals surface area contributed by atoms with E-state index in [2.05, 4.69) is 9.88 Å². The first kappa shape index (κ1) is 9.66. The summed E-state index contributed by atoms with van der Waals surface area (Å²) in [7, 11) is 0. The summed E-state index contributed by atoms with van der Waals surface area (Å²) in [5.41, 5.74) is 0. The third kappa shape index (κ3) is 2.55. The highest BCUT2D eigenvalue weighted by Crippen LogP contribution is 2.26. The molecule has 2 nitrogen and oxygen atoms in total. The SMILES string of the molecule is C1CC2CCCN2C1.c1ccncc1. The zero-order valence-corrected chi connectivity index (χ0v) is 8.60. The lowest BCUT2D eigenvalue weighted by Gasteiger charge is -2.11. The molecule has 0 spiro atoms. The van der Waals surface area contributed by atoms with Crippen LogP contribution in [0.15, 0.2) is 30.6 Å². The third-order valence-electron chi connectivity index (χ3n) is 3.05. The first-order valence-electron chi connectivity index (χ1n) is 5.56. The number of hydrogen-bond donors (Lipinski definition) is 0. The van der Waals surface area contributed by atoms with Gasteiger partial charge < -0.3 is 4.90 Å². The van der Waals surface area contributed by atoms with Crippen molar-refractivity contribution in [2.75, 3.05) is 13.1 Å². The van der Waals surface area contributed by atoms with Gasteiger partial charge in [0.05, 0.1) is 0 Å². The van der Waals surface area contributed by atoms with E-state index in [1.54, 1.807) is 12.4 Å². The fourth-order valence-electron chi connectivity index (χ4n) is 2.36. The molecule has 3 rings (SSSR count). The summed E-state index contributed by atoms with van der Waals surface area (Å²) in [6.07, 6.45) is 9.40. The Morgan fingerprint density at radius 2 is 1.57 bits per heavy atom. The number of aromatic nitrogens is 1. The maximum Gasteiger partial charge on any atom is 0.0267 e. The number of nitrogens with zero attached hydrogens (tertiary/aromatic N) is 2. The summed E-state index contributed by atoms with van der Waals surface area (Å²) in [5, 5.41) is 0. The van der Waals surface area contributed by atoms with Gasteiger partial charge in [-0.15, -0.1) is 0 Å². The molecule has 3 heterocycles. The van der Waals surface area contributed by atoms with Crippen molar-refractivity contribution in [3.63, 3.8) is 0 Å². The summed E-state index contributed by atoms with van der Waals surface area (Å²) in [6, 6.07) is 6.72. The van der Waals surface area contributed by atoms with Gasteiger partial charge in [0.25, 0.3) is 0 Å². The maximum absolute atomic E-state index is 3.78. The van der Waals surface area contributed by atoms with Crippen LogP contribution in [0.25, 0.3) is 0 Å². The number of rotatable bonds is 0. The molecule has 2 aliphatic rings. The fourth-order valence-corrected chi connectivity index (χ4v) is 2.36. The van der Waals surface area contributed by atoms with Crippen molar-refractivity contribution in [2.24, 2.45) is 0 Å². The van der Waals surface area contributed by atoms with Crippen LogP contribution in [0.2, 0.25) is 0 Å². The van der Waals surface area contributed by atoms with Crippen molar-refractivity contribution in [2.45, 2.75) is 31.7 Å². The summed E-state index contributed by atoms with van der Waals surface area (Å²) >= 11 is 0. The predicted molar refractivity (Wildman–Crippen MR) is 58.1 cm³/mol. The Morgan fingerprint density at radius 1 is 0.929 bits per heavy atom. The fraction of sp³-hybridized carbons (Fsp3) is 0.583. The molecule has 0 unspecified atom stereocenters. The monoisotopic (exact) mass is 190 g/mol. The van der Waals surface area contributed by atoms with E-state index in [1.807, 2.05) is 18.2 Å². The van der Waals surface area contributed by atoms with E-state index in [0.717, 1.165) is 6.04 Å². The molecule has 14 heavy (non-hydrogen) atoms. The quantitative estimate of drug-likeness (QED) is 0.624. The highest BCUT2D eigenvalue weighted by Gasteiger charge is 2.27. The van der Waals surface area contributed by atoms with Crippen molar-refractivity contribution >= 4 is 0 Å². The zero-order chi connectivity index (χ0) is 9.64. The second-order valence-electron chi connectivity index (χ2n) is 4.00. The lowest BCUT2D eigenvalue weighted by molar-refractivity contribution is 0.325. The van der Waals surface area contributed by atoms with Crippen LogP contribution in [0, 0.1) is 0 Å². The smallest absolute Gasteiger partial charge is 0.0267 e. The van der Waals surface area contributed by atoms with E-state index in [4.69, 9.17) is 0 Å². The van der Waals surface area contributed by atoms with Crippen molar-refractivity contribution in [1.29, 1.82) is 0 Å². The second-order valence-corrected chi connectivity index (χ2v) is 4.00. The van der Waals surface area contributed by atoms with Crippen LogP contribution in [0.3, 0.4) is 0 Å². The lowest BCUT2D eigenvalue weighted by atomic mass is 10.2. The van der Waals surface area contributed by atoms with E-state index in [-0.39, 0.29) is 0 Å². The molecular formula is C12H18N2. The molecule has 1 aromatic rings. The van der Waals surface area contributed by atoms with E-state index in [1.165, 1.54) is 38.8 Å². The van der Waals surface area contributed by atoms with E-state index in [0.29, 0.717) is 0 Å². The Morgan fingerprint density at radius 3 is 1.93 bits per heavy atom. The zero-order valence-electron chi connectivity index (χ0n) is 8.60. The standard InChI is InChI=1S/C7H13N.C5H5N/c1-3-7-4-2-6-8(7)5-1;1-2-4-6-5-3-1/h7H,1-6H2;1-5H. The Bertz CT molecular complexity index is 201. The molecule has 0 amide bonds. The Kier molecular flexibility index (Phi) is 3.52. The molecule has 2 fully saturated rings. The molecule has 76 valence electrons. The first-order valence-corrected chi connectivity index (χ1v) is 5.56. The van der Waals surface area contributed by atoms with Gasteiger partial charge >= 0.3 is 0 Å². The lowest BCUT2D eigenvalue weighted by Crippen LogP contribution is -2.21. The third-order valence-corrected chi connectivity index (χ3v) is 3.05. The maximum atomic E-state index is 3.78. The van der Waals surface area contributed by atoms with Crippen LogP contribution in [0.4, 0.5) is 0 Å². The molecule has 0 radical (unpaired) electrons. The molecule has 0 bridgehead atoms. The normalized spacial score (nSPS) is 21.4. The average molecular weight is 190 g/mol. The van der Waals surface area contributed by atoms with Gasteiger partial charge in [-0.2, -0.15) is 0 Å². The predicted octanol–water partition coefficient (Wildman–Crippen LogP) is 2.33. The molecule has 2 saturated heterocycles. The summed E-state index contributed by atoms with van der Waals surface area (Å²) in [4.78, 5) is 6.42. The van der Waals surface area contributed by atoms with Crippen LogP contribution in [0.5, 0.6) is 0 Å². The molecule has 0 N–H and O–H groups in total. The van der Waals surface area contributed by atoms with Gasteiger partial charge in [-0.3, -0.25) is 4.98 Å². The average Bonchev–Trinajstić information content (AvgIpc) is 2.82. The highest BCUT2D eigenvalue weighted by atomic mass is 15.2. The molecule has 2 heteroatoms. The summed E-state index contributed by atoms with van der Waals surface area (Å²) < 4.78 is 0. The second kappa shape index (κ2) is 5.11. The first-order chi connectivity index (χ1) is 6.97. The molecule has 0 aliphatic carbocycles. The largest absolute Gasteiger partial charge is 0.300 e. The minimum absolute atomic E-state index is 1.01. The van der Waals surface area contributed by atoms with Gasteiger partial charge in [0.1, 0.15) is 0 Å². The molecule has 1 aromatic heterocycles. The van der Waals surface area contributed by atoms with E-state index >= 15 is 0 Å². The van der Waals surface area contributed by atoms with Crippen molar-refractivity contribution < 1.29 is 0 Å². The van der Waals surface area contributed by atoms with Crippen molar-refractivity contribution in [3.05, 3.63) is 30.6 Å². The van der Waals surface area contributed by atoms with Crippen molar-refractivity contribution in [3.8, 4) is 0 Å². The Hall–Kier alpha value is -0.890. The minimum Gasteiger partial charge on any atom is -0.300 e. The van der Waals surface area contributed by atoms with E-state index in [9.17, 15) is 0 Å². The Balaban J connectivity index is 0.000000112. The van der Waals surface area contributed by atoms with Gasteiger partial charge in [0.15, 0.2) is 0 Å². The van der Waals surface area contributed by atoms with Gasteiger partial charge in [0.2, 0.25) is 0 Å². The summed E-state index contributed by atoms with van der Waals surface area (Å²) in [5.74, 6) is 0. The Labute approximate surface area is 86.0 Å². The van der Waals surface area contributed by atoms with E-state index < -0.39 is 0 Å².